The number of esters is 1. The Balaban J connectivity index is 1.65. The standard InChI is InChI=1S/C29H33ClN2O2S/c1-17(2)19-10-11-22-21(15-19)23-24(25-28(22,3)12-7-13-29(25,4)26(33)34-5)35-27(32-23)31-16-18-8-6-9-20(30)14-18/h6,8-11,14-15,17,25H,7,12-13,16H2,1-5H3,(H,31,32)/t25?,28-,29-/m1/s1. The summed E-state index contributed by atoms with van der Waals surface area (Å²) < 4.78 is 5.38. The van der Waals surface area contributed by atoms with E-state index in [0.29, 0.717) is 12.5 Å². The zero-order valence-corrected chi connectivity index (χ0v) is 22.6. The number of halogens is 1. The van der Waals surface area contributed by atoms with Crippen LogP contribution in [-0.2, 0) is 21.5 Å². The Morgan fingerprint density at radius 1 is 1.23 bits per heavy atom. The number of methoxy groups -OCH3 is 1. The SMILES string of the molecule is COC(=O)[C@]1(C)CCC[C@]2(C)c3ccc(C(C)C)cc3-c3nc(NCc4cccc(Cl)c4)sc3C12. The van der Waals surface area contributed by atoms with E-state index >= 15 is 0 Å². The molecule has 1 fully saturated rings. The number of aromatic nitrogens is 1. The number of hydrogen-bond acceptors (Lipinski definition) is 5. The van der Waals surface area contributed by atoms with Crippen LogP contribution >= 0.6 is 22.9 Å². The lowest BCUT2D eigenvalue weighted by Crippen LogP contribution is -2.50. The lowest BCUT2D eigenvalue weighted by molar-refractivity contribution is -0.157. The Kier molecular flexibility index (Phi) is 6.21. The summed E-state index contributed by atoms with van der Waals surface area (Å²) in [4.78, 5) is 19.6. The van der Waals surface area contributed by atoms with Gasteiger partial charge in [-0.3, -0.25) is 4.79 Å². The molecule has 0 amide bonds. The van der Waals surface area contributed by atoms with Crippen molar-refractivity contribution in [2.75, 3.05) is 12.4 Å². The first kappa shape index (κ1) is 24.3. The van der Waals surface area contributed by atoms with Crippen molar-refractivity contribution in [1.29, 1.82) is 0 Å². The fraction of sp³-hybridized carbons (Fsp3) is 0.448. The van der Waals surface area contributed by atoms with Gasteiger partial charge in [0.2, 0.25) is 0 Å². The predicted octanol–water partition coefficient (Wildman–Crippen LogP) is 7.92. The largest absolute Gasteiger partial charge is 0.469 e. The van der Waals surface area contributed by atoms with E-state index in [2.05, 4.69) is 57.3 Å². The Morgan fingerprint density at radius 3 is 2.74 bits per heavy atom. The van der Waals surface area contributed by atoms with Crippen LogP contribution in [0.5, 0.6) is 0 Å². The predicted molar refractivity (Wildman–Crippen MR) is 144 cm³/mol. The van der Waals surface area contributed by atoms with Crippen molar-refractivity contribution in [2.24, 2.45) is 5.41 Å². The molecule has 2 aliphatic carbocycles. The average Bonchev–Trinajstić information content (AvgIpc) is 3.25. The van der Waals surface area contributed by atoms with Crippen molar-refractivity contribution < 1.29 is 9.53 Å². The maximum atomic E-state index is 13.2. The molecular formula is C29H33ClN2O2S. The highest BCUT2D eigenvalue weighted by atomic mass is 35.5. The third kappa shape index (κ3) is 3.97. The Morgan fingerprint density at radius 2 is 2.03 bits per heavy atom. The highest BCUT2D eigenvalue weighted by molar-refractivity contribution is 7.16. The van der Waals surface area contributed by atoms with Crippen LogP contribution in [-0.4, -0.2) is 18.1 Å². The zero-order chi connectivity index (χ0) is 25.0. The second-order valence-corrected chi connectivity index (χ2v) is 12.3. The molecule has 0 aliphatic heterocycles. The molecule has 2 aliphatic rings. The lowest BCUT2D eigenvalue weighted by atomic mass is 9.50. The van der Waals surface area contributed by atoms with Gasteiger partial charge >= 0.3 is 5.97 Å². The first-order chi connectivity index (χ1) is 16.7. The highest BCUT2D eigenvalue weighted by Crippen LogP contribution is 2.64. The van der Waals surface area contributed by atoms with Crippen LogP contribution in [0.4, 0.5) is 5.13 Å². The van der Waals surface area contributed by atoms with E-state index < -0.39 is 5.41 Å². The molecule has 1 N–H and O–H groups in total. The second kappa shape index (κ2) is 8.94. The Hall–Kier alpha value is -2.37. The molecule has 1 saturated carbocycles. The molecule has 2 aromatic carbocycles. The number of thiazole rings is 1. The number of fused-ring (bicyclic) bond motifs is 6. The summed E-state index contributed by atoms with van der Waals surface area (Å²) in [5.41, 5.74) is 5.20. The van der Waals surface area contributed by atoms with Crippen LogP contribution in [0.1, 0.15) is 80.4 Å². The molecule has 1 heterocycles. The van der Waals surface area contributed by atoms with E-state index in [0.717, 1.165) is 40.7 Å². The summed E-state index contributed by atoms with van der Waals surface area (Å²) in [6, 6.07) is 14.7. The van der Waals surface area contributed by atoms with Crippen molar-refractivity contribution in [2.45, 2.75) is 70.8 Å². The van der Waals surface area contributed by atoms with Crippen LogP contribution in [0.2, 0.25) is 5.02 Å². The van der Waals surface area contributed by atoms with Crippen LogP contribution in [0.25, 0.3) is 11.3 Å². The minimum atomic E-state index is -0.596. The number of rotatable bonds is 5. The van der Waals surface area contributed by atoms with E-state index in [9.17, 15) is 4.79 Å². The summed E-state index contributed by atoms with van der Waals surface area (Å²) in [6.07, 6.45) is 2.86. The second-order valence-electron chi connectivity index (χ2n) is 10.8. The number of benzene rings is 2. The molecular weight excluding hydrogens is 476 g/mol. The highest BCUT2D eigenvalue weighted by Gasteiger charge is 2.58. The molecule has 4 nitrogen and oxygen atoms in total. The normalized spacial score (nSPS) is 24.9. The van der Waals surface area contributed by atoms with Gasteiger partial charge in [0, 0.05) is 33.3 Å². The van der Waals surface area contributed by atoms with Crippen molar-refractivity contribution in [1.82, 2.24) is 4.98 Å². The summed E-state index contributed by atoms with van der Waals surface area (Å²) in [5.74, 6) is 0.325. The van der Waals surface area contributed by atoms with Crippen LogP contribution in [0, 0.1) is 5.41 Å². The molecule has 1 unspecified atom stereocenters. The number of nitrogens with zero attached hydrogens (tertiary/aromatic N) is 1. The number of nitrogens with one attached hydrogen (secondary N) is 1. The van der Waals surface area contributed by atoms with Gasteiger partial charge in [-0.1, -0.05) is 63.1 Å². The molecule has 0 spiro atoms. The van der Waals surface area contributed by atoms with Gasteiger partial charge in [-0.05, 0) is 60.6 Å². The lowest BCUT2D eigenvalue weighted by Gasteiger charge is -2.53. The fourth-order valence-corrected chi connectivity index (χ4v) is 7.97. The molecule has 184 valence electrons. The Labute approximate surface area is 217 Å². The molecule has 1 aromatic heterocycles. The minimum absolute atomic E-state index is 0.0165. The molecule has 3 aromatic rings. The summed E-state index contributed by atoms with van der Waals surface area (Å²) in [6.45, 7) is 9.53. The first-order valence-corrected chi connectivity index (χ1v) is 13.6. The third-order valence-corrected chi connectivity index (χ3v) is 9.46. The molecule has 35 heavy (non-hydrogen) atoms. The van der Waals surface area contributed by atoms with Gasteiger partial charge in [-0.2, -0.15) is 0 Å². The fourth-order valence-electron chi connectivity index (χ4n) is 6.37. The van der Waals surface area contributed by atoms with Gasteiger partial charge in [0.05, 0.1) is 18.2 Å². The van der Waals surface area contributed by atoms with E-state index in [4.69, 9.17) is 21.3 Å². The molecule has 0 saturated heterocycles. The van der Waals surface area contributed by atoms with Gasteiger partial charge in [0.25, 0.3) is 0 Å². The smallest absolute Gasteiger partial charge is 0.312 e. The monoisotopic (exact) mass is 508 g/mol. The van der Waals surface area contributed by atoms with Crippen molar-refractivity contribution >= 4 is 34.0 Å². The number of ether oxygens (including phenoxy) is 1. The quantitative estimate of drug-likeness (QED) is 0.355. The van der Waals surface area contributed by atoms with E-state index in [1.54, 1.807) is 11.3 Å². The maximum absolute atomic E-state index is 13.2. The van der Waals surface area contributed by atoms with Crippen LogP contribution < -0.4 is 5.32 Å². The van der Waals surface area contributed by atoms with Crippen molar-refractivity contribution in [3.63, 3.8) is 0 Å². The van der Waals surface area contributed by atoms with Gasteiger partial charge in [-0.15, -0.1) is 11.3 Å². The van der Waals surface area contributed by atoms with Gasteiger partial charge in [-0.25, -0.2) is 4.98 Å². The molecule has 3 atom stereocenters. The molecule has 6 heteroatoms. The van der Waals surface area contributed by atoms with E-state index in [1.807, 2.05) is 18.2 Å². The summed E-state index contributed by atoms with van der Waals surface area (Å²) in [7, 11) is 1.51. The summed E-state index contributed by atoms with van der Waals surface area (Å²) >= 11 is 7.88. The number of hydrogen-bond donors (Lipinski definition) is 1. The molecule has 0 bridgehead atoms. The topological polar surface area (TPSA) is 51.2 Å². The van der Waals surface area contributed by atoms with Crippen molar-refractivity contribution in [3.8, 4) is 11.3 Å². The van der Waals surface area contributed by atoms with Crippen LogP contribution in [0.15, 0.2) is 42.5 Å². The van der Waals surface area contributed by atoms with E-state index in [-0.39, 0.29) is 17.3 Å². The molecule has 5 rings (SSSR count). The number of anilines is 1. The first-order valence-electron chi connectivity index (χ1n) is 12.4. The van der Waals surface area contributed by atoms with Gasteiger partial charge in [0.1, 0.15) is 0 Å². The maximum Gasteiger partial charge on any atom is 0.312 e. The van der Waals surface area contributed by atoms with E-state index in [1.165, 1.54) is 28.7 Å². The zero-order valence-electron chi connectivity index (χ0n) is 21.1. The molecule has 0 radical (unpaired) electrons. The average molecular weight is 509 g/mol. The van der Waals surface area contributed by atoms with Gasteiger partial charge < -0.3 is 10.1 Å². The van der Waals surface area contributed by atoms with Crippen molar-refractivity contribution in [3.05, 3.63) is 69.1 Å². The van der Waals surface area contributed by atoms with Gasteiger partial charge in [0.15, 0.2) is 5.13 Å². The summed E-state index contributed by atoms with van der Waals surface area (Å²) in [5, 5.41) is 5.12. The number of carbonyl (C=O) groups excluding carboxylic acids is 1. The number of carbonyl (C=O) groups is 1. The third-order valence-electron chi connectivity index (χ3n) is 8.15. The van der Waals surface area contributed by atoms with Crippen LogP contribution in [0.3, 0.4) is 0 Å². The minimum Gasteiger partial charge on any atom is -0.469 e. The Bertz CT molecular complexity index is 1290.